The molecule has 1 aromatic carbocycles. The summed E-state index contributed by atoms with van der Waals surface area (Å²) in [7, 11) is 0. The van der Waals surface area contributed by atoms with Crippen molar-refractivity contribution in [3.63, 3.8) is 0 Å². The highest BCUT2D eigenvalue weighted by molar-refractivity contribution is 5.89. The number of rotatable bonds is 4. The quantitative estimate of drug-likeness (QED) is 0.739. The zero-order valence-corrected chi connectivity index (χ0v) is 19.2. The van der Waals surface area contributed by atoms with Crippen molar-refractivity contribution in [2.75, 3.05) is 45.8 Å². The van der Waals surface area contributed by atoms with Gasteiger partial charge in [-0.25, -0.2) is 0 Å². The summed E-state index contributed by atoms with van der Waals surface area (Å²) in [4.78, 5) is 32.5. The molecule has 2 saturated heterocycles. The maximum Gasteiger partial charge on any atom is 0.233 e. The molecule has 3 aliphatic rings. The molecular weight excluding hydrogens is 386 g/mol. The molecule has 170 valence electrons. The van der Waals surface area contributed by atoms with Crippen LogP contribution in [0.25, 0.3) is 0 Å². The van der Waals surface area contributed by atoms with Gasteiger partial charge in [0.2, 0.25) is 11.8 Å². The Labute approximate surface area is 187 Å². The Morgan fingerprint density at radius 2 is 1.55 bits per heavy atom. The maximum absolute atomic E-state index is 14.0. The van der Waals surface area contributed by atoms with E-state index in [1.165, 1.54) is 38.6 Å². The number of nitrogens with zero attached hydrogens (tertiary/aromatic N) is 3. The zero-order chi connectivity index (χ0) is 21.7. The van der Waals surface area contributed by atoms with Gasteiger partial charge in [-0.3, -0.25) is 9.59 Å². The fourth-order valence-electron chi connectivity index (χ4n) is 5.98. The minimum Gasteiger partial charge on any atom is -0.343 e. The lowest BCUT2D eigenvalue weighted by molar-refractivity contribution is -0.142. The molecular formula is C26H39N3O2. The van der Waals surface area contributed by atoms with Gasteiger partial charge < -0.3 is 14.7 Å². The highest BCUT2D eigenvalue weighted by atomic mass is 16.2. The van der Waals surface area contributed by atoms with Gasteiger partial charge in [0.1, 0.15) is 0 Å². The molecule has 3 fully saturated rings. The Kier molecular flexibility index (Phi) is 7.31. The predicted molar refractivity (Wildman–Crippen MR) is 124 cm³/mol. The van der Waals surface area contributed by atoms with E-state index in [0.29, 0.717) is 13.1 Å². The van der Waals surface area contributed by atoms with Crippen molar-refractivity contribution in [1.29, 1.82) is 0 Å². The molecule has 1 saturated carbocycles. The summed E-state index contributed by atoms with van der Waals surface area (Å²) < 4.78 is 0. The minimum atomic E-state index is -0.494. The Morgan fingerprint density at radius 1 is 0.839 bits per heavy atom. The van der Waals surface area contributed by atoms with Crippen LogP contribution >= 0.6 is 0 Å². The highest BCUT2D eigenvalue weighted by Gasteiger charge is 2.45. The summed E-state index contributed by atoms with van der Waals surface area (Å²) in [6.45, 7) is 7.95. The molecule has 2 aliphatic heterocycles. The van der Waals surface area contributed by atoms with Crippen molar-refractivity contribution in [1.82, 2.24) is 14.7 Å². The van der Waals surface area contributed by atoms with Crippen molar-refractivity contribution in [3.05, 3.63) is 35.9 Å². The van der Waals surface area contributed by atoms with Gasteiger partial charge in [-0.15, -0.1) is 0 Å². The number of amides is 2. The molecule has 5 nitrogen and oxygen atoms in total. The van der Waals surface area contributed by atoms with Gasteiger partial charge in [-0.1, -0.05) is 49.6 Å². The normalized spacial score (nSPS) is 23.4. The summed E-state index contributed by atoms with van der Waals surface area (Å²) in [6, 6.07) is 10.3. The fourth-order valence-corrected chi connectivity index (χ4v) is 5.98. The lowest BCUT2D eigenvalue weighted by Gasteiger charge is -2.43. The van der Waals surface area contributed by atoms with Gasteiger partial charge >= 0.3 is 0 Å². The maximum atomic E-state index is 14.0. The molecule has 4 rings (SSSR count). The first-order chi connectivity index (χ1) is 15.1. The topological polar surface area (TPSA) is 43.9 Å². The van der Waals surface area contributed by atoms with E-state index >= 15 is 0 Å². The molecule has 2 amide bonds. The Bertz CT molecular complexity index is 736. The van der Waals surface area contributed by atoms with Gasteiger partial charge in [-0.05, 0) is 50.1 Å². The highest BCUT2D eigenvalue weighted by Crippen LogP contribution is 2.38. The van der Waals surface area contributed by atoms with E-state index in [1.807, 2.05) is 23.1 Å². The van der Waals surface area contributed by atoms with E-state index in [0.717, 1.165) is 56.9 Å². The summed E-state index contributed by atoms with van der Waals surface area (Å²) >= 11 is 0. The summed E-state index contributed by atoms with van der Waals surface area (Å²) in [5, 5.41) is 0. The van der Waals surface area contributed by atoms with Gasteiger partial charge in [0.25, 0.3) is 0 Å². The standard InChI is InChI=1S/C26H39N3O2/c1-22(30)28-17-13-26(14-18-28,24-11-6-3-7-12-24)25(31)29-16-8-15-27(19-20-29)21-23-9-4-2-5-10-23/h3,6-7,11-12,23H,2,4-5,8-10,13-21H2,1H3. The van der Waals surface area contributed by atoms with E-state index in [9.17, 15) is 9.59 Å². The van der Waals surface area contributed by atoms with Crippen LogP contribution in [-0.2, 0) is 15.0 Å². The smallest absolute Gasteiger partial charge is 0.233 e. The van der Waals surface area contributed by atoms with Gasteiger partial charge in [0.05, 0.1) is 5.41 Å². The van der Waals surface area contributed by atoms with Crippen molar-refractivity contribution >= 4 is 11.8 Å². The Hall–Kier alpha value is -1.88. The first-order valence-corrected chi connectivity index (χ1v) is 12.4. The van der Waals surface area contributed by atoms with Crippen LogP contribution in [0, 0.1) is 5.92 Å². The van der Waals surface area contributed by atoms with E-state index in [4.69, 9.17) is 0 Å². The van der Waals surface area contributed by atoms with Crippen molar-refractivity contribution in [2.24, 2.45) is 5.92 Å². The average Bonchev–Trinajstić information content (AvgIpc) is 3.05. The molecule has 5 heteroatoms. The largest absolute Gasteiger partial charge is 0.343 e. The van der Waals surface area contributed by atoms with Crippen LogP contribution in [-0.4, -0.2) is 72.3 Å². The number of piperidine rings is 1. The van der Waals surface area contributed by atoms with Gasteiger partial charge in [0, 0.05) is 46.2 Å². The zero-order valence-electron chi connectivity index (χ0n) is 19.2. The van der Waals surface area contributed by atoms with Crippen LogP contribution in [0.4, 0.5) is 0 Å². The molecule has 0 aromatic heterocycles. The third-order valence-electron chi connectivity index (χ3n) is 7.91. The number of hydrogen-bond donors (Lipinski definition) is 0. The van der Waals surface area contributed by atoms with Crippen LogP contribution < -0.4 is 0 Å². The van der Waals surface area contributed by atoms with E-state index in [1.54, 1.807) is 6.92 Å². The second kappa shape index (κ2) is 10.2. The third-order valence-corrected chi connectivity index (χ3v) is 7.91. The lowest BCUT2D eigenvalue weighted by atomic mass is 9.71. The number of carbonyl (C=O) groups is 2. The lowest BCUT2D eigenvalue weighted by Crippen LogP contribution is -2.54. The molecule has 0 unspecified atom stereocenters. The van der Waals surface area contributed by atoms with Gasteiger partial charge in [-0.2, -0.15) is 0 Å². The molecule has 1 aromatic rings. The number of hydrogen-bond acceptors (Lipinski definition) is 3. The molecule has 1 aliphatic carbocycles. The van der Waals surface area contributed by atoms with Crippen molar-refractivity contribution in [2.45, 2.75) is 63.7 Å². The molecule has 0 N–H and O–H groups in total. The van der Waals surface area contributed by atoms with Crippen LogP contribution in [0.5, 0.6) is 0 Å². The third kappa shape index (κ3) is 5.14. The molecule has 0 radical (unpaired) electrons. The summed E-state index contributed by atoms with van der Waals surface area (Å²) in [5.41, 5.74) is 0.623. The predicted octanol–water partition coefficient (Wildman–Crippen LogP) is 3.68. The average molecular weight is 426 g/mol. The molecule has 0 atom stereocenters. The Morgan fingerprint density at radius 3 is 2.23 bits per heavy atom. The van der Waals surface area contributed by atoms with Gasteiger partial charge in [0.15, 0.2) is 0 Å². The summed E-state index contributed by atoms with van der Waals surface area (Å²) in [6.07, 6.45) is 9.44. The minimum absolute atomic E-state index is 0.113. The summed E-state index contributed by atoms with van der Waals surface area (Å²) in [5.74, 6) is 1.24. The molecule has 2 heterocycles. The first-order valence-electron chi connectivity index (χ1n) is 12.4. The molecule has 0 spiro atoms. The van der Waals surface area contributed by atoms with Crippen LogP contribution in [0.1, 0.15) is 63.9 Å². The first kappa shape index (κ1) is 22.3. The second-order valence-electron chi connectivity index (χ2n) is 9.90. The van der Waals surface area contributed by atoms with E-state index in [2.05, 4.69) is 21.9 Å². The second-order valence-corrected chi connectivity index (χ2v) is 9.90. The van der Waals surface area contributed by atoms with Crippen LogP contribution in [0.2, 0.25) is 0 Å². The molecule has 31 heavy (non-hydrogen) atoms. The number of carbonyl (C=O) groups excluding carboxylic acids is 2. The molecule has 0 bridgehead atoms. The van der Waals surface area contributed by atoms with E-state index in [-0.39, 0.29) is 11.8 Å². The van der Waals surface area contributed by atoms with Crippen LogP contribution in [0.15, 0.2) is 30.3 Å². The van der Waals surface area contributed by atoms with Crippen molar-refractivity contribution in [3.8, 4) is 0 Å². The fraction of sp³-hybridized carbons (Fsp3) is 0.692. The number of likely N-dealkylation sites (tertiary alicyclic amines) is 1. The monoisotopic (exact) mass is 425 g/mol. The Balaban J connectivity index is 1.45. The van der Waals surface area contributed by atoms with Crippen molar-refractivity contribution < 1.29 is 9.59 Å². The van der Waals surface area contributed by atoms with E-state index < -0.39 is 5.41 Å². The SMILES string of the molecule is CC(=O)N1CCC(C(=O)N2CCCN(CC3CCCCC3)CC2)(c2ccccc2)CC1. The van der Waals surface area contributed by atoms with Crippen LogP contribution in [0.3, 0.4) is 0 Å². The number of benzene rings is 1.